The first kappa shape index (κ1) is 16.9. The monoisotopic (exact) mass is 304 g/mol. The average Bonchev–Trinajstić information content (AvgIpc) is 2.61. The van der Waals surface area contributed by atoms with Crippen molar-refractivity contribution >= 4 is 6.21 Å². The van der Waals surface area contributed by atoms with E-state index in [9.17, 15) is 0 Å². The summed E-state index contributed by atoms with van der Waals surface area (Å²) in [6.07, 6.45) is 23.5. The van der Waals surface area contributed by atoms with Crippen molar-refractivity contribution in [2.45, 2.75) is 33.1 Å². The van der Waals surface area contributed by atoms with Crippen molar-refractivity contribution in [1.82, 2.24) is 4.98 Å². The second-order valence-corrected chi connectivity index (χ2v) is 5.48. The molecule has 0 aromatic carbocycles. The molecule has 0 N–H and O–H groups in total. The van der Waals surface area contributed by atoms with Gasteiger partial charge in [-0.05, 0) is 67.5 Å². The highest BCUT2D eigenvalue weighted by Crippen LogP contribution is 2.21. The molecular weight excluding hydrogens is 280 g/mol. The Labute approximate surface area is 139 Å². The highest BCUT2D eigenvalue weighted by molar-refractivity contribution is 5.54. The van der Waals surface area contributed by atoms with E-state index in [0.29, 0.717) is 0 Å². The number of allylic oxidation sites excluding steroid dienone is 9. The molecule has 0 unspecified atom stereocenters. The largest absolute Gasteiger partial charge is 0.269 e. The fourth-order valence-electron chi connectivity index (χ4n) is 2.42. The molecule has 0 amide bonds. The van der Waals surface area contributed by atoms with Gasteiger partial charge in [0.1, 0.15) is 0 Å². The Hall–Kier alpha value is -2.48. The van der Waals surface area contributed by atoms with E-state index in [1.165, 1.54) is 22.3 Å². The maximum Gasteiger partial charge on any atom is 0.0303 e. The molecular formula is C21H24N2. The molecule has 0 saturated heterocycles. The van der Waals surface area contributed by atoms with Gasteiger partial charge in [0.05, 0.1) is 0 Å². The highest BCUT2D eigenvalue weighted by atomic mass is 14.6. The molecule has 0 atom stereocenters. The molecule has 2 rings (SSSR count). The number of aliphatic imine (C=N–C) groups is 1. The van der Waals surface area contributed by atoms with Crippen LogP contribution in [0.25, 0.3) is 0 Å². The van der Waals surface area contributed by atoms with E-state index >= 15 is 0 Å². The molecule has 0 saturated carbocycles. The lowest BCUT2D eigenvalue weighted by Crippen LogP contribution is -1.91. The Bertz CT molecular complexity index is 671. The van der Waals surface area contributed by atoms with Crippen LogP contribution in [-0.2, 0) is 6.42 Å². The van der Waals surface area contributed by atoms with Crippen LogP contribution >= 0.6 is 0 Å². The summed E-state index contributed by atoms with van der Waals surface area (Å²) in [6.45, 7) is 4.10. The molecule has 118 valence electrons. The lowest BCUT2D eigenvalue weighted by molar-refractivity contribution is 0.968. The summed E-state index contributed by atoms with van der Waals surface area (Å²) in [6, 6.07) is 4.07. The van der Waals surface area contributed by atoms with Crippen LogP contribution in [0.2, 0.25) is 0 Å². The number of hydrogen-bond donors (Lipinski definition) is 0. The molecule has 1 aromatic rings. The van der Waals surface area contributed by atoms with E-state index in [4.69, 9.17) is 0 Å². The lowest BCUT2D eigenvalue weighted by Gasteiger charge is -2.10. The molecule has 1 aliphatic rings. The lowest BCUT2D eigenvalue weighted by atomic mass is 9.96. The number of rotatable bonds is 6. The van der Waals surface area contributed by atoms with Gasteiger partial charge in [0.15, 0.2) is 0 Å². The molecule has 0 aliphatic heterocycles. The Morgan fingerprint density at radius 3 is 3.00 bits per heavy atom. The van der Waals surface area contributed by atoms with Gasteiger partial charge in [-0.1, -0.05) is 36.4 Å². The van der Waals surface area contributed by atoms with Crippen LogP contribution in [0.3, 0.4) is 0 Å². The topological polar surface area (TPSA) is 25.2 Å². The molecule has 0 bridgehead atoms. The molecule has 2 nitrogen and oxygen atoms in total. The van der Waals surface area contributed by atoms with Crippen molar-refractivity contribution in [3.63, 3.8) is 0 Å². The van der Waals surface area contributed by atoms with Gasteiger partial charge in [0, 0.05) is 24.8 Å². The maximum absolute atomic E-state index is 4.17. The predicted molar refractivity (Wildman–Crippen MR) is 99.5 cm³/mol. The number of aromatic nitrogens is 1. The van der Waals surface area contributed by atoms with Gasteiger partial charge in [-0.15, -0.1) is 0 Å². The van der Waals surface area contributed by atoms with E-state index in [1.807, 2.05) is 25.4 Å². The minimum absolute atomic E-state index is 0.867. The first-order valence-corrected chi connectivity index (χ1v) is 8.07. The second-order valence-electron chi connectivity index (χ2n) is 5.48. The van der Waals surface area contributed by atoms with Crippen LogP contribution in [-0.4, -0.2) is 11.2 Å². The third-order valence-electron chi connectivity index (χ3n) is 3.70. The summed E-state index contributed by atoms with van der Waals surface area (Å²) in [5.41, 5.74) is 5.11. The predicted octanol–water partition coefficient (Wildman–Crippen LogP) is 5.38. The highest BCUT2D eigenvalue weighted by Gasteiger charge is 2.02. The van der Waals surface area contributed by atoms with Crippen molar-refractivity contribution in [2.75, 3.05) is 0 Å². The van der Waals surface area contributed by atoms with Crippen LogP contribution < -0.4 is 0 Å². The minimum atomic E-state index is 0.867. The number of pyridine rings is 1. The number of hydrogen-bond acceptors (Lipinski definition) is 2. The Kier molecular flexibility index (Phi) is 6.99. The van der Waals surface area contributed by atoms with Gasteiger partial charge < -0.3 is 0 Å². The molecule has 1 aliphatic carbocycles. The summed E-state index contributed by atoms with van der Waals surface area (Å²) >= 11 is 0. The van der Waals surface area contributed by atoms with E-state index in [2.05, 4.69) is 59.4 Å². The molecule has 0 spiro atoms. The standard InChI is InChI=1S/C21H24N2/c1-3-22-15-13-19(11-12-20-8-7-14-23-17-20)16-18(2)21-9-5-4-6-10-21/h3-5,7-9,11,13-17H,6,10,12H2,1-2H3/b15-13+,18-16+,19-11-,22-3-. The summed E-state index contributed by atoms with van der Waals surface area (Å²) in [5.74, 6) is 0. The summed E-state index contributed by atoms with van der Waals surface area (Å²) in [5, 5.41) is 0. The average molecular weight is 304 g/mol. The Morgan fingerprint density at radius 1 is 1.39 bits per heavy atom. The molecule has 0 fully saturated rings. The van der Waals surface area contributed by atoms with E-state index < -0.39 is 0 Å². The molecule has 23 heavy (non-hydrogen) atoms. The first-order valence-electron chi connectivity index (χ1n) is 8.07. The maximum atomic E-state index is 4.17. The van der Waals surface area contributed by atoms with Crippen molar-refractivity contribution in [3.8, 4) is 0 Å². The van der Waals surface area contributed by atoms with Gasteiger partial charge >= 0.3 is 0 Å². The van der Waals surface area contributed by atoms with Crippen LogP contribution in [0.1, 0.15) is 32.3 Å². The van der Waals surface area contributed by atoms with Gasteiger partial charge in [0.25, 0.3) is 0 Å². The zero-order valence-corrected chi connectivity index (χ0v) is 13.9. The van der Waals surface area contributed by atoms with Crippen LogP contribution in [0.5, 0.6) is 0 Å². The number of nitrogens with zero attached hydrogens (tertiary/aromatic N) is 2. The van der Waals surface area contributed by atoms with Gasteiger partial charge in [-0.2, -0.15) is 0 Å². The zero-order valence-electron chi connectivity index (χ0n) is 13.9. The van der Waals surface area contributed by atoms with Crippen molar-refractivity contribution < 1.29 is 0 Å². The SMILES string of the molecule is C\C=N/C=C/C(=C/Cc1cccnc1)/C=C(\C)C1=CC=CCC1. The third kappa shape index (κ3) is 6.03. The summed E-state index contributed by atoms with van der Waals surface area (Å²) < 4.78 is 0. The van der Waals surface area contributed by atoms with E-state index in [1.54, 1.807) is 12.4 Å². The molecule has 1 heterocycles. The minimum Gasteiger partial charge on any atom is -0.269 e. The normalized spacial score (nSPS) is 16.3. The van der Waals surface area contributed by atoms with Crippen molar-refractivity contribution in [3.05, 3.63) is 89.5 Å². The first-order chi connectivity index (χ1) is 11.3. The summed E-state index contributed by atoms with van der Waals surface area (Å²) in [7, 11) is 0. The van der Waals surface area contributed by atoms with Crippen LogP contribution in [0.15, 0.2) is 88.9 Å². The third-order valence-corrected chi connectivity index (χ3v) is 3.70. The molecule has 2 heteroatoms. The fourth-order valence-corrected chi connectivity index (χ4v) is 2.42. The molecule has 1 aromatic heterocycles. The smallest absolute Gasteiger partial charge is 0.0303 e. The van der Waals surface area contributed by atoms with E-state index in [0.717, 1.165) is 19.3 Å². The van der Waals surface area contributed by atoms with Crippen LogP contribution in [0, 0.1) is 0 Å². The van der Waals surface area contributed by atoms with Gasteiger partial charge in [-0.3, -0.25) is 9.98 Å². The van der Waals surface area contributed by atoms with Crippen molar-refractivity contribution in [2.24, 2.45) is 4.99 Å². The van der Waals surface area contributed by atoms with Gasteiger partial charge in [-0.25, -0.2) is 0 Å². The molecule has 0 radical (unpaired) electrons. The Balaban J connectivity index is 2.19. The van der Waals surface area contributed by atoms with Gasteiger partial charge in [0.2, 0.25) is 0 Å². The second kappa shape index (κ2) is 9.52. The fraction of sp³-hybridized carbons (Fsp3) is 0.238. The quantitative estimate of drug-likeness (QED) is 0.512. The Morgan fingerprint density at radius 2 is 2.30 bits per heavy atom. The van der Waals surface area contributed by atoms with Crippen LogP contribution in [0.4, 0.5) is 0 Å². The van der Waals surface area contributed by atoms with E-state index in [-0.39, 0.29) is 0 Å². The van der Waals surface area contributed by atoms with Crippen molar-refractivity contribution in [1.29, 1.82) is 0 Å². The zero-order chi connectivity index (χ0) is 16.3. The summed E-state index contributed by atoms with van der Waals surface area (Å²) in [4.78, 5) is 8.34.